The van der Waals surface area contributed by atoms with Crippen molar-refractivity contribution in [2.45, 2.75) is 77.6 Å². The van der Waals surface area contributed by atoms with Crippen LogP contribution in [0.1, 0.15) is 77.6 Å². The molecular formula is C22H36. The molecule has 0 bridgehead atoms. The van der Waals surface area contributed by atoms with Crippen molar-refractivity contribution in [1.29, 1.82) is 0 Å². The minimum atomic E-state index is 0.793. The molecular weight excluding hydrogens is 264 g/mol. The minimum absolute atomic E-state index is 0.793. The first kappa shape index (κ1) is 17.6. The SMILES string of the molecule is C=C[C@H]1CC[C@H](C=CCC[C@H]2CC[C@H](C=CCC)CC2)CC1. The predicted molar refractivity (Wildman–Crippen MR) is 98.9 cm³/mol. The summed E-state index contributed by atoms with van der Waals surface area (Å²) in [7, 11) is 0. The quantitative estimate of drug-likeness (QED) is 0.440. The van der Waals surface area contributed by atoms with Crippen molar-refractivity contribution in [2.24, 2.45) is 23.7 Å². The summed E-state index contributed by atoms with van der Waals surface area (Å²) in [5.74, 6) is 3.52. The molecule has 0 spiro atoms. The van der Waals surface area contributed by atoms with Gasteiger partial charge in [0.1, 0.15) is 0 Å². The van der Waals surface area contributed by atoms with E-state index >= 15 is 0 Å². The van der Waals surface area contributed by atoms with E-state index in [9.17, 15) is 0 Å². The lowest BCUT2D eigenvalue weighted by atomic mass is 9.79. The van der Waals surface area contributed by atoms with Gasteiger partial charge in [-0.1, -0.05) is 37.3 Å². The Balaban J connectivity index is 1.56. The van der Waals surface area contributed by atoms with E-state index < -0.39 is 0 Å². The average molecular weight is 301 g/mol. The van der Waals surface area contributed by atoms with Gasteiger partial charge in [0.2, 0.25) is 0 Å². The fourth-order valence-corrected chi connectivity index (χ4v) is 4.19. The summed E-state index contributed by atoms with van der Waals surface area (Å²) in [6.07, 6.45) is 27.1. The van der Waals surface area contributed by atoms with Crippen molar-refractivity contribution in [3.05, 3.63) is 37.0 Å². The van der Waals surface area contributed by atoms with Crippen LogP contribution in [0.25, 0.3) is 0 Å². The first-order valence-corrected chi connectivity index (χ1v) is 9.77. The molecule has 22 heavy (non-hydrogen) atoms. The van der Waals surface area contributed by atoms with Crippen LogP contribution in [-0.2, 0) is 0 Å². The number of rotatable bonds is 7. The molecule has 0 aromatic heterocycles. The van der Waals surface area contributed by atoms with Crippen LogP contribution in [0.15, 0.2) is 37.0 Å². The van der Waals surface area contributed by atoms with Crippen LogP contribution in [0.3, 0.4) is 0 Å². The minimum Gasteiger partial charge on any atom is -0.103 e. The van der Waals surface area contributed by atoms with Crippen LogP contribution in [0.2, 0.25) is 0 Å². The smallest absolute Gasteiger partial charge is 0.0233 e. The van der Waals surface area contributed by atoms with Crippen molar-refractivity contribution in [3.63, 3.8) is 0 Å². The van der Waals surface area contributed by atoms with Gasteiger partial charge in [0.05, 0.1) is 0 Å². The molecule has 2 rings (SSSR count). The third-order valence-corrected chi connectivity index (χ3v) is 5.84. The van der Waals surface area contributed by atoms with E-state index in [-0.39, 0.29) is 0 Å². The summed E-state index contributed by atoms with van der Waals surface area (Å²) in [5, 5.41) is 0. The molecule has 0 saturated heterocycles. The van der Waals surface area contributed by atoms with Crippen LogP contribution in [0.5, 0.6) is 0 Å². The largest absolute Gasteiger partial charge is 0.103 e. The molecule has 0 radical (unpaired) electrons. The molecule has 2 aliphatic rings. The van der Waals surface area contributed by atoms with E-state index in [0.29, 0.717) is 0 Å². The van der Waals surface area contributed by atoms with Crippen LogP contribution >= 0.6 is 0 Å². The van der Waals surface area contributed by atoms with E-state index in [1.54, 1.807) is 0 Å². The molecule has 0 heterocycles. The van der Waals surface area contributed by atoms with Gasteiger partial charge in [-0.3, -0.25) is 0 Å². The first-order chi connectivity index (χ1) is 10.8. The molecule has 0 aromatic carbocycles. The van der Waals surface area contributed by atoms with Gasteiger partial charge in [0.25, 0.3) is 0 Å². The lowest BCUT2D eigenvalue weighted by Gasteiger charge is -2.26. The summed E-state index contributed by atoms with van der Waals surface area (Å²) in [6, 6.07) is 0. The average Bonchev–Trinajstić information content (AvgIpc) is 2.58. The summed E-state index contributed by atoms with van der Waals surface area (Å²) in [4.78, 5) is 0. The summed E-state index contributed by atoms with van der Waals surface area (Å²) in [5.41, 5.74) is 0. The number of allylic oxidation sites excluding steroid dienone is 5. The topological polar surface area (TPSA) is 0 Å². The van der Waals surface area contributed by atoms with E-state index in [2.05, 4.69) is 43.9 Å². The van der Waals surface area contributed by atoms with Crippen molar-refractivity contribution in [3.8, 4) is 0 Å². The Morgan fingerprint density at radius 2 is 1.32 bits per heavy atom. The summed E-state index contributed by atoms with van der Waals surface area (Å²) in [6.45, 7) is 6.17. The Morgan fingerprint density at radius 1 is 0.773 bits per heavy atom. The molecule has 0 unspecified atom stereocenters. The highest BCUT2D eigenvalue weighted by Crippen LogP contribution is 2.33. The second-order valence-electron chi connectivity index (χ2n) is 7.53. The molecule has 2 fully saturated rings. The number of hydrogen-bond donors (Lipinski definition) is 0. The lowest BCUT2D eigenvalue weighted by Crippen LogP contribution is -2.13. The molecule has 0 N–H and O–H groups in total. The molecule has 124 valence electrons. The van der Waals surface area contributed by atoms with E-state index in [0.717, 1.165) is 23.7 Å². The highest BCUT2D eigenvalue weighted by Gasteiger charge is 2.19. The highest BCUT2D eigenvalue weighted by molar-refractivity contribution is 4.95. The van der Waals surface area contributed by atoms with Crippen molar-refractivity contribution >= 4 is 0 Å². The van der Waals surface area contributed by atoms with E-state index in [1.165, 1.54) is 70.6 Å². The normalized spacial score (nSPS) is 33.5. The Kier molecular flexibility index (Phi) is 8.05. The molecule has 2 saturated carbocycles. The van der Waals surface area contributed by atoms with E-state index in [4.69, 9.17) is 0 Å². The second-order valence-corrected chi connectivity index (χ2v) is 7.53. The zero-order valence-electron chi connectivity index (χ0n) is 14.7. The first-order valence-electron chi connectivity index (χ1n) is 9.77. The maximum absolute atomic E-state index is 3.94. The van der Waals surface area contributed by atoms with Crippen molar-refractivity contribution in [2.75, 3.05) is 0 Å². The van der Waals surface area contributed by atoms with Gasteiger partial charge in [0.15, 0.2) is 0 Å². The van der Waals surface area contributed by atoms with Gasteiger partial charge < -0.3 is 0 Å². The predicted octanol–water partition coefficient (Wildman–Crippen LogP) is 7.09. The Hall–Kier alpha value is -0.780. The molecule has 0 heteroatoms. The monoisotopic (exact) mass is 300 g/mol. The van der Waals surface area contributed by atoms with Crippen molar-refractivity contribution < 1.29 is 0 Å². The third-order valence-electron chi connectivity index (χ3n) is 5.84. The Morgan fingerprint density at radius 3 is 1.91 bits per heavy atom. The zero-order chi connectivity index (χ0) is 15.6. The highest BCUT2D eigenvalue weighted by atomic mass is 14.2. The molecule has 0 nitrogen and oxygen atoms in total. The summed E-state index contributed by atoms with van der Waals surface area (Å²) < 4.78 is 0. The van der Waals surface area contributed by atoms with Gasteiger partial charge in [-0.25, -0.2) is 0 Å². The van der Waals surface area contributed by atoms with Gasteiger partial charge in [-0.2, -0.15) is 0 Å². The molecule has 0 aromatic rings. The Labute approximate surface area is 138 Å². The fourth-order valence-electron chi connectivity index (χ4n) is 4.19. The zero-order valence-corrected chi connectivity index (χ0v) is 14.7. The molecule has 0 aliphatic heterocycles. The van der Waals surface area contributed by atoms with Gasteiger partial charge in [-0.15, -0.1) is 6.58 Å². The van der Waals surface area contributed by atoms with Crippen molar-refractivity contribution in [1.82, 2.24) is 0 Å². The van der Waals surface area contributed by atoms with Gasteiger partial charge >= 0.3 is 0 Å². The summed E-state index contributed by atoms with van der Waals surface area (Å²) >= 11 is 0. The Bertz CT molecular complexity index is 346. The fraction of sp³-hybridized carbons (Fsp3) is 0.727. The van der Waals surface area contributed by atoms with Gasteiger partial charge in [-0.05, 0) is 94.3 Å². The molecule has 2 aliphatic carbocycles. The molecule has 0 amide bonds. The standard InChI is InChI=1S/C22H36/c1-3-5-8-20-15-17-22(18-16-20)10-7-6-9-21-13-11-19(4-2)12-14-21/h4-6,8-9,19-22H,2-3,7,10-18H2,1H3/t19-,20-,21-,22-. The number of hydrogen-bond acceptors (Lipinski definition) is 0. The van der Waals surface area contributed by atoms with Gasteiger partial charge in [0, 0.05) is 0 Å². The lowest BCUT2D eigenvalue weighted by molar-refractivity contribution is 0.297. The second kappa shape index (κ2) is 10.1. The van der Waals surface area contributed by atoms with Crippen LogP contribution in [-0.4, -0.2) is 0 Å². The van der Waals surface area contributed by atoms with Crippen LogP contribution in [0, 0.1) is 23.7 Å². The van der Waals surface area contributed by atoms with E-state index in [1.807, 2.05) is 0 Å². The third kappa shape index (κ3) is 6.15. The van der Waals surface area contributed by atoms with Crippen LogP contribution < -0.4 is 0 Å². The maximum atomic E-state index is 3.94. The maximum Gasteiger partial charge on any atom is -0.0233 e. The molecule has 0 atom stereocenters. The van der Waals surface area contributed by atoms with Crippen LogP contribution in [0.4, 0.5) is 0 Å².